The van der Waals surface area contributed by atoms with Gasteiger partial charge in [-0.25, -0.2) is 4.98 Å². The number of methoxy groups -OCH3 is 1. The Kier molecular flexibility index (Phi) is 5.72. The van der Waals surface area contributed by atoms with Crippen molar-refractivity contribution >= 4 is 17.2 Å². The van der Waals surface area contributed by atoms with E-state index in [9.17, 15) is 4.79 Å². The molecule has 1 saturated heterocycles. The fraction of sp³-hybridized carbons (Fsp3) is 0.733. The van der Waals surface area contributed by atoms with Crippen LogP contribution in [0, 0.1) is 0 Å². The van der Waals surface area contributed by atoms with Gasteiger partial charge in [-0.3, -0.25) is 4.79 Å². The van der Waals surface area contributed by atoms with E-state index in [0.29, 0.717) is 12.5 Å². The van der Waals surface area contributed by atoms with Crippen LogP contribution < -0.4 is 10.6 Å². The molecular formula is C15H25N3O2S. The third-order valence-corrected chi connectivity index (χ3v) is 5.14. The van der Waals surface area contributed by atoms with Gasteiger partial charge in [-0.1, -0.05) is 13.8 Å². The van der Waals surface area contributed by atoms with Gasteiger partial charge in [0.1, 0.15) is 5.60 Å². The number of carbonyl (C=O) groups is 1. The van der Waals surface area contributed by atoms with E-state index in [1.54, 1.807) is 18.4 Å². The number of rotatable bonds is 6. The normalized spacial score (nSPS) is 17.9. The van der Waals surface area contributed by atoms with Crippen molar-refractivity contribution in [3.05, 3.63) is 16.1 Å². The minimum absolute atomic E-state index is 0.00538. The number of amides is 1. The number of hydrogen-bond donors (Lipinski definition) is 2. The lowest BCUT2D eigenvalue weighted by atomic mass is 9.91. The first kappa shape index (κ1) is 16.4. The lowest BCUT2D eigenvalue weighted by molar-refractivity contribution is -0.146. The molecule has 0 atom stereocenters. The molecule has 1 aromatic heterocycles. The highest BCUT2D eigenvalue weighted by Gasteiger charge is 2.39. The second kappa shape index (κ2) is 7.33. The van der Waals surface area contributed by atoms with Crippen LogP contribution in [0.25, 0.3) is 0 Å². The van der Waals surface area contributed by atoms with E-state index in [2.05, 4.69) is 34.8 Å². The second-order valence-electron chi connectivity index (χ2n) is 5.79. The van der Waals surface area contributed by atoms with Gasteiger partial charge in [-0.05, 0) is 25.9 Å². The Labute approximate surface area is 130 Å². The largest absolute Gasteiger partial charge is 0.368 e. The van der Waals surface area contributed by atoms with E-state index in [1.165, 1.54) is 0 Å². The molecule has 5 nitrogen and oxygen atoms in total. The summed E-state index contributed by atoms with van der Waals surface area (Å²) in [4.78, 5) is 17.0. The average Bonchev–Trinajstić information content (AvgIpc) is 2.97. The predicted molar refractivity (Wildman–Crippen MR) is 84.8 cm³/mol. The van der Waals surface area contributed by atoms with Crippen LogP contribution in [0.1, 0.15) is 43.3 Å². The van der Waals surface area contributed by atoms with Crippen molar-refractivity contribution in [1.29, 1.82) is 0 Å². The maximum atomic E-state index is 12.4. The molecule has 2 N–H and O–H groups in total. The standard InChI is InChI=1S/C15H25N3O2S/c1-11(2)13-18-12(10-21-13)4-7-17-14(19)15(20-3)5-8-16-9-6-15/h10-11,16H,4-9H2,1-3H3,(H,17,19). The molecule has 6 heteroatoms. The van der Waals surface area contributed by atoms with Crippen molar-refractivity contribution in [3.63, 3.8) is 0 Å². The Hall–Kier alpha value is -0.980. The molecule has 1 fully saturated rings. The Morgan fingerprint density at radius 3 is 2.81 bits per heavy atom. The molecule has 0 saturated carbocycles. The summed E-state index contributed by atoms with van der Waals surface area (Å²) in [6.45, 7) is 6.54. The molecule has 0 unspecified atom stereocenters. The quantitative estimate of drug-likeness (QED) is 0.839. The maximum absolute atomic E-state index is 12.4. The lowest BCUT2D eigenvalue weighted by Crippen LogP contribution is -2.54. The molecule has 1 aliphatic rings. The van der Waals surface area contributed by atoms with Crippen LogP contribution in [0.2, 0.25) is 0 Å². The van der Waals surface area contributed by atoms with Crippen molar-refractivity contribution in [3.8, 4) is 0 Å². The van der Waals surface area contributed by atoms with Crippen molar-refractivity contribution < 1.29 is 9.53 Å². The Morgan fingerprint density at radius 1 is 1.52 bits per heavy atom. The number of nitrogens with zero attached hydrogens (tertiary/aromatic N) is 1. The van der Waals surface area contributed by atoms with Gasteiger partial charge in [0.15, 0.2) is 0 Å². The Bertz CT molecular complexity index is 467. The fourth-order valence-electron chi connectivity index (χ4n) is 2.52. The van der Waals surface area contributed by atoms with Gasteiger partial charge in [-0.2, -0.15) is 0 Å². The van der Waals surface area contributed by atoms with Gasteiger partial charge in [0.25, 0.3) is 5.91 Å². The molecule has 21 heavy (non-hydrogen) atoms. The summed E-state index contributed by atoms with van der Waals surface area (Å²) >= 11 is 1.69. The number of aromatic nitrogens is 1. The van der Waals surface area contributed by atoms with Gasteiger partial charge in [0.05, 0.1) is 10.7 Å². The van der Waals surface area contributed by atoms with Crippen molar-refractivity contribution in [1.82, 2.24) is 15.6 Å². The molecule has 1 amide bonds. The third kappa shape index (κ3) is 4.02. The molecule has 0 aromatic carbocycles. The first-order valence-electron chi connectivity index (χ1n) is 7.56. The Morgan fingerprint density at radius 2 is 2.24 bits per heavy atom. The van der Waals surface area contributed by atoms with Crippen LogP contribution in [0.4, 0.5) is 0 Å². The van der Waals surface area contributed by atoms with Gasteiger partial charge in [-0.15, -0.1) is 11.3 Å². The van der Waals surface area contributed by atoms with Crippen molar-refractivity contribution in [2.24, 2.45) is 0 Å². The van der Waals surface area contributed by atoms with Crippen LogP contribution in [0.5, 0.6) is 0 Å². The molecular weight excluding hydrogens is 286 g/mol. The minimum Gasteiger partial charge on any atom is -0.368 e. The topological polar surface area (TPSA) is 63.2 Å². The molecule has 0 bridgehead atoms. The highest BCUT2D eigenvalue weighted by Crippen LogP contribution is 2.23. The zero-order chi connectivity index (χ0) is 15.3. The fourth-order valence-corrected chi connectivity index (χ4v) is 3.39. The van der Waals surface area contributed by atoms with Crippen LogP contribution >= 0.6 is 11.3 Å². The summed E-state index contributed by atoms with van der Waals surface area (Å²) in [5, 5.41) is 9.50. The second-order valence-corrected chi connectivity index (χ2v) is 6.68. The number of piperidine rings is 1. The summed E-state index contributed by atoms with van der Waals surface area (Å²) in [5.74, 6) is 0.468. The third-order valence-electron chi connectivity index (χ3n) is 3.95. The molecule has 1 aliphatic heterocycles. The summed E-state index contributed by atoms with van der Waals surface area (Å²) < 4.78 is 5.51. The van der Waals surface area contributed by atoms with Crippen LogP contribution in [-0.2, 0) is 16.0 Å². The van der Waals surface area contributed by atoms with Gasteiger partial charge < -0.3 is 15.4 Å². The monoisotopic (exact) mass is 311 g/mol. The number of nitrogens with one attached hydrogen (secondary N) is 2. The van der Waals surface area contributed by atoms with E-state index >= 15 is 0 Å². The van der Waals surface area contributed by atoms with E-state index in [1.807, 2.05) is 0 Å². The van der Waals surface area contributed by atoms with Crippen molar-refractivity contribution in [2.75, 3.05) is 26.7 Å². The smallest absolute Gasteiger partial charge is 0.252 e. The van der Waals surface area contributed by atoms with Gasteiger partial charge in [0, 0.05) is 31.4 Å². The molecule has 2 heterocycles. The first-order chi connectivity index (χ1) is 10.1. The molecule has 118 valence electrons. The van der Waals surface area contributed by atoms with E-state index in [-0.39, 0.29) is 5.91 Å². The number of ether oxygens (including phenoxy) is 1. The summed E-state index contributed by atoms with van der Waals surface area (Å²) in [6.07, 6.45) is 2.22. The average molecular weight is 311 g/mol. The highest BCUT2D eigenvalue weighted by atomic mass is 32.1. The number of thiazole rings is 1. The predicted octanol–water partition coefficient (Wildman–Crippen LogP) is 1.69. The SMILES string of the molecule is COC1(C(=O)NCCc2csc(C(C)C)n2)CCNCC1. The highest BCUT2D eigenvalue weighted by molar-refractivity contribution is 7.09. The summed E-state index contributed by atoms with van der Waals surface area (Å²) in [7, 11) is 1.63. The van der Waals surface area contributed by atoms with Gasteiger partial charge in [0.2, 0.25) is 0 Å². The Balaban J connectivity index is 1.82. The van der Waals surface area contributed by atoms with Crippen LogP contribution in [-0.4, -0.2) is 43.2 Å². The number of carbonyl (C=O) groups excluding carboxylic acids is 1. The molecule has 2 rings (SSSR count). The van der Waals surface area contributed by atoms with Gasteiger partial charge >= 0.3 is 0 Å². The van der Waals surface area contributed by atoms with E-state index < -0.39 is 5.60 Å². The maximum Gasteiger partial charge on any atom is 0.252 e. The number of hydrogen-bond acceptors (Lipinski definition) is 5. The van der Waals surface area contributed by atoms with Crippen LogP contribution in [0.3, 0.4) is 0 Å². The zero-order valence-electron chi connectivity index (χ0n) is 13.1. The molecule has 0 radical (unpaired) electrons. The summed E-state index contributed by atoms with van der Waals surface area (Å²) in [6, 6.07) is 0. The minimum atomic E-state index is -0.656. The lowest BCUT2D eigenvalue weighted by Gasteiger charge is -2.34. The first-order valence-corrected chi connectivity index (χ1v) is 8.44. The van der Waals surface area contributed by atoms with E-state index in [4.69, 9.17) is 4.74 Å². The zero-order valence-corrected chi connectivity index (χ0v) is 13.9. The molecule has 0 aliphatic carbocycles. The van der Waals surface area contributed by atoms with Crippen LogP contribution in [0.15, 0.2) is 5.38 Å². The molecule has 0 spiro atoms. The van der Waals surface area contributed by atoms with Crippen molar-refractivity contribution in [2.45, 2.75) is 44.6 Å². The summed E-state index contributed by atoms with van der Waals surface area (Å²) in [5.41, 5.74) is 0.400. The van der Waals surface area contributed by atoms with E-state index in [0.717, 1.165) is 43.1 Å². The molecule has 1 aromatic rings.